The zero-order chi connectivity index (χ0) is 25.5. The summed E-state index contributed by atoms with van der Waals surface area (Å²) in [5.41, 5.74) is 40.5. The van der Waals surface area contributed by atoms with E-state index in [2.05, 4.69) is 0 Å². The fraction of sp³-hybridized carbons (Fsp3) is 1.00. The van der Waals surface area contributed by atoms with E-state index in [0.717, 1.165) is 78.0 Å². The van der Waals surface area contributed by atoms with Gasteiger partial charge in [0.2, 0.25) is 0 Å². The van der Waals surface area contributed by atoms with Gasteiger partial charge in [0.05, 0.1) is 0 Å². The molecule has 34 heavy (non-hydrogen) atoms. The summed E-state index contributed by atoms with van der Waals surface area (Å²) < 4.78 is 68.2. The van der Waals surface area contributed by atoms with Crippen LogP contribution in [-0.4, -0.2) is 87.4 Å². The molecule has 0 rings (SSSR count). The summed E-state index contributed by atoms with van der Waals surface area (Å²) in [5, 5.41) is 0. The van der Waals surface area contributed by atoms with E-state index in [-0.39, 0.29) is 43.9 Å². The molecule has 0 aromatic rings. The Morgan fingerprint density at radius 3 is 0.441 bits per heavy atom. The first-order valence-corrected chi connectivity index (χ1v) is 11.3. The van der Waals surface area contributed by atoms with Crippen molar-refractivity contribution >= 4 is 20.8 Å². The molecule has 0 aliphatic carbocycles. The Labute approximate surface area is 223 Å². The standard InChI is InChI=1S/4C3H10N2.2Ni.2H2O4S.2H2O/c4*4-2-1-3-5;;;2*1-5(2,3)4;;/h4*1-5H2;;;2*(H2,1,2,3,4);2*1H2/q;;;;2*+2;;;;/p-2. The van der Waals surface area contributed by atoms with Crippen LogP contribution in [-0.2, 0) is 64.7 Å². The van der Waals surface area contributed by atoms with E-state index in [4.69, 9.17) is 80.9 Å². The minimum absolute atomic E-state index is 0. The molecule has 0 fully saturated rings. The van der Waals surface area contributed by atoms with E-state index in [1.807, 2.05) is 0 Å². The average molecular weight is 644 g/mol. The molecule has 0 unspecified atom stereocenters. The summed E-state index contributed by atoms with van der Waals surface area (Å²) in [5.74, 6) is 0. The van der Waals surface area contributed by atoms with Crippen molar-refractivity contribution in [3.05, 3.63) is 0 Å². The van der Waals surface area contributed by atoms with Crippen molar-refractivity contribution in [2.75, 3.05) is 52.4 Å². The molecule has 0 saturated carbocycles. The number of hydrogen-bond acceptors (Lipinski definition) is 16. The van der Waals surface area contributed by atoms with Crippen molar-refractivity contribution in [3.8, 4) is 0 Å². The van der Waals surface area contributed by atoms with E-state index in [1.165, 1.54) is 0 Å². The molecule has 224 valence electrons. The van der Waals surface area contributed by atoms with Gasteiger partial charge in [-0.15, -0.1) is 0 Å². The van der Waals surface area contributed by atoms with Crippen molar-refractivity contribution < 1.29 is 79.0 Å². The van der Waals surface area contributed by atoms with Crippen molar-refractivity contribution in [2.24, 2.45) is 45.9 Å². The zero-order valence-corrected chi connectivity index (χ0v) is 22.6. The van der Waals surface area contributed by atoms with E-state index in [1.54, 1.807) is 0 Å². The third-order valence-corrected chi connectivity index (χ3v) is 1.63. The van der Waals surface area contributed by atoms with Crippen molar-refractivity contribution in [1.82, 2.24) is 0 Å². The summed E-state index contributed by atoms with van der Waals surface area (Å²) in [6, 6.07) is 0. The second-order valence-corrected chi connectivity index (χ2v) is 6.17. The van der Waals surface area contributed by atoms with Gasteiger partial charge in [0.25, 0.3) is 0 Å². The van der Waals surface area contributed by atoms with E-state index >= 15 is 0 Å². The van der Waals surface area contributed by atoms with Gasteiger partial charge in [-0.1, -0.05) is 0 Å². The largest absolute Gasteiger partial charge is 2.00 e. The normalized spacial score (nSPS) is 8.35. The Morgan fingerprint density at radius 2 is 0.441 bits per heavy atom. The fourth-order valence-electron chi connectivity index (χ4n) is 0.471. The summed E-state index contributed by atoms with van der Waals surface area (Å²) in [4.78, 5) is 0. The Kier molecular flexibility index (Phi) is 112. The molecule has 0 atom stereocenters. The fourth-order valence-corrected chi connectivity index (χ4v) is 0.471. The Hall–Kier alpha value is 0.327. The Bertz CT molecular complexity index is 392. The summed E-state index contributed by atoms with van der Waals surface area (Å²) in [6.45, 7) is 5.75. The molecule has 22 N–H and O–H groups in total. The van der Waals surface area contributed by atoms with Crippen LogP contribution in [0.3, 0.4) is 0 Å². The van der Waals surface area contributed by atoms with E-state index in [0.29, 0.717) is 0 Å². The Balaban J connectivity index is -0.0000000248. The summed E-state index contributed by atoms with van der Waals surface area (Å²) in [6.07, 6.45) is 3.78. The minimum atomic E-state index is -5.17. The number of hydrogen-bond donors (Lipinski definition) is 8. The van der Waals surface area contributed by atoms with Crippen LogP contribution in [0.1, 0.15) is 25.7 Å². The van der Waals surface area contributed by atoms with Crippen LogP contribution in [0.4, 0.5) is 0 Å². The van der Waals surface area contributed by atoms with Gasteiger partial charge in [0.15, 0.2) is 0 Å². The first-order valence-electron chi connectivity index (χ1n) is 8.60. The molecule has 0 aliphatic rings. The molecule has 0 aromatic heterocycles. The first-order chi connectivity index (χ1) is 13.7. The van der Waals surface area contributed by atoms with Gasteiger partial charge in [-0.3, -0.25) is 16.8 Å². The SMILES string of the molecule is NCCCN.NCCCN.NCCCN.NCCCN.O=S(=O)([O-])[O-].O=S(=O)([O-])[O-].[Ni+2].[Ni+2].[OH3+].[OH3+]. The van der Waals surface area contributed by atoms with Crippen LogP contribution in [0, 0.1) is 0 Å². The first kappa shape index (κ1) is 64.4. The van der Waals surface area contributed by atoms with E-state index in [9.17, 15) is 0 Å². The van der Waals surface area contributed by atoms with Crippen molar-refractivity contribution in [1.29, 1.82) is 0 Å². The topological polar surface area (TPSA) is 435 Å². The molecule has 0 radical (unpaired) electrons. The zero-order valence-electron chi connectivity index (χ0n) is 19.0. The number of rotatable bonds is 8. The molecule has 0 aromatic carbocycles. The number of nitrogens with two attached hydrogens (primary N) is 8. The third kappa shape index (κ3) is 458. The monoisotopic (exact) mass is 642 g/mol. The molecule has 0 heterocycles. The average Bonchev–Trinajstić information content (AvgIpc) is 2.56. The maximum Gasteiger partial charge on any atom is 2.00 e. The molecular weight excluding hydrogens is 598 g/mol. The van der Waals surface area contributed by atoms with Gasteiger partial charge in [-0.25, -0.2) is 0 Å². The van der Waals surface area contributed by atoms with Crippen molar-refractivity contribution in [2.45, 2.75) is 25.7 Å². The smallest absolute Gasteiger partial charge is 0.759 e. The van der Waals surface area contributed by atoms with Crippen molar-refractivity contribution in [3.63, 3.8) is 0 Å². The van der Waals surface area contributed by atoms with Gasteiger partial charge < -0.3 is 75.0 Å². The molecule has 0 spiro atoms. The summed E-state index contributed by atoms with van der Waals surface area (Å²) >= 11 is 0. The quantitative estimate of drug-likeness (QED) is 0.0526. The predicted octanol–water partition coefficient (Wildman–Crippen LogP) is -7.35. The molecule has 18 nitrogen and oxygen atoms in total. The molecule has 22 heteroatoms. The third-order valence-electron chi connectivity index (χ3n) is 1.63. The molecule has 0 amide bonds. The maximum absolute atomic E-state index is 8.52. The van der Waals surface area contributed by atoms with Crippen LogP contribution in [0.15, 0.2) is 0 Å². The molecular formula is C12H46N8Ni2O10S2+2. The van der Waals surface area contributed by atoms with Crippen LogP contribution in [0.5, 0.6) is 0 Å². The van der Waals surface area contributed by atoms with Gasteiger partial charge in [-0.2, -0.15) is 0 Å². The van der Waals surface area contributed by atoms with Gasteiger partial charge in [0.1, 0.15) is 0 Å². The van der Waals surface area contributed by atoms with Crippen LogP contribution < -0.4 is 45.9 Å². The second-order valence-electron chi connectivity index (χ2n) is 4.54. The second kappa shape index (κ2) is 58.9. The van der Waals surface area contributed by atoms with E-state index < -0.39 is 20.8 Å². The predicted molar refractivity (Wildman–Crippen MR) is 122 cm³/mol. The van der Waals surface area contributed by atoms with Gasteiger partial charge in [-0.05, 0) is 78.0 Å². The molecule has 0 saturated heterocycles. The minimum Gasteiger partial charge on any atom is -0.759 e. The van der Waals surface area contributed by atoms with Crippen LogP contribution in [0.25, 0.3) is 0 Å². The van der Waals surface area contributed by atoms with Gasteiger partial charge >= 0.3 is 33.0 Å². The molecule has 0 aliphatic heterocycles. The van der Waals surface area contributed by atoms with Crippen LogP contribution in [0.2, 0.25) is 0 Å². The van der Waals surface area contributed by atoms with Gasteiger partial charge in [0, 0.05) is 20.8 Å². The Morgan fingerprint density at radius 1 is 0.382 bits per heavy atom. The van der Waals surface area contributed by atoms with Crippen LogP contribution >= 0.6 is 0 Å². The summed E-state index contributed by atoms with van der Waals surface area (Å²) in [7, 11) is -10.3. The maximum atomic E-state index is 8.52. The molecule has 0 bridgehead atoms.